The van der Waals surface area contributed by atoms with Crippen molar-refractivity contribution >= 4 is 11.8 Å². The SMILES string of the molecule is CCCCCCCCCCCC[C@@H](O)[C@H]1CC[C@H]([C@H](O)CCCC(=O)CCCCCC[C@@H](O)CC2=C[C@@](C)(O)OC2=O)O1. The molecule has 1 saturated heterocycles. The van der Waals surface area contributed by atoms with Gasteiger partial charge in [-0.05, 0) is 51.0 Å². The van der Waals surface area contributed by atoms with E-state index in [1.165, 1.54) is 64.4 Å². The molecule has 2 rings (SSSR count). The molecule has 0 aromatic heterocycles. The van der Waals surface area contributed by atoms with Gasteiger partial charge in [0.25, 0.3) is 0 Å². The molecular formula is C35H62O8. The van der Waals surface area contributed by atoms with Crippen LogP contribution in [0.25, 0.3) is 0 Å². The minimum atomic E-state index is -1.58. The van der Waals surface area contributed by atoms with Crippen LogP contribution in [0.5, 0.6) is 0 Å². The largest absolute Gasteiger partial charge is 0.426 e. The number of esters is 1. The van der Waals surface area contributed by atoms with E-state index in [1.807, 2.05) is 0 Å². The highest BCUT2D eigenvalue weighted by atomic mass is 16.7. The zero-order chi connectivity index (χ0) is 31.5. The van der Waals surface area contributed by atoms with Crippen molar-refractivity contribution in [1.29, 1.82) is 0 Å². The minimum Gasteiger partial charge on any atom is -0.426 e. The number of hydrogen-bond acceptors (Lipinski definition) is 8. The smallest absolute Gasteiger partial charge is 0.336 e. The highest BCUT2D eigenvalue weighted by molar-refractivity contribution is 5.91. The first-order valence-electron chi connectivity index (χ1n) is 17.5. The molecule has 43 heavy (non-hydrogen) atoms. The van der Waals surface area contributed by atoms with Crippen LogP contribution in [0.15, 0.2) is 11.6 Å². The van der Waals surface area contributed by atoms with E-state index in [2.05, 4.69) is 6.92 Å². The Morgan fingerprint density at radius 1 is 0.791 bits per heavy atom. The summed E-state index contributed by atoms with van der Waals surface area (Å²) in [5, 5.41) is 41.1. The lowest BCUT2D eigenvalue weighted by molar-refractivity contribution is -0.173. The maximum atomic E-state index is 12.3. The molecule has 0 aliphatic carbocycles. The van der Waals surface area contributed by atoms with Gasteiger partial charge in [0.15, 0.2) is 0 Å². The second-order valence-corrected chi connectivity index (χ2v) is 13.3. The molecule has 1 fully saturated rings. The van der Waals surface area contributed by atoms with Crippen molar-refractivity contribution in [3.8, 4) is 0 Å². The maximum Gasteiger partial charge on any atom is 0.336 e. The van der Waals surface area contributed by atoms with Crippen molar-refractivity contribution < 1.29 is 39.5 Å². The van der Waals surface area contributed by atoms with Gasteiger partial charge in [-0.2, -0.15) is 0 Å². The standard InChI is InChI=1S/C35H62O8/c1-3-4-5-6-7-8-9-10-11-16-21-30(38)32-23-24-33(42-32)31(39)22-17-20-28(36)18-14-12-13-15-19-29(37)25-27-26-35(2,41)43-34(27)40/h26,29-33,37-39,41H,3-25H2,1-2H3/t29-,30-,31-,32-,33-,35+/m1/s1. The van der Waals surface area contributed by atoms with Crippen molar-refractivity contribution in [1.82, 2.24) is 0 Å². The zero-order valence-corrected chi connectivity index (χ0v) is 27.1. The third-order valence-electron chi connectivity index (χ3n) is 8.95. The van der Waals surface area contributed by atoms with E-state index < -0.39 is 30.1 Å². The molecule has 2 aliphatic heterocycles. The Morgan fingerprint density at radius 3 is 1.84 bits per heavy atom. The number of rotatable bonds is 26. The topological polar surface area (TPSA) is 134 Å². The molecular weight excluding hydrogens is 548 g/mol. The molecule has 8 nitrogen and oxygen atoms in total. The van der Waals surface area contributed by atoms with Crippen LogP contribution in [-0.2, 0) is 19.1 Å². The second kappa shape index (κ2) is 21.4. The number of ketones is 1. The number of Topliss-reactive ketones (excluding diaryl/α,β-unsaturated/α-hetero) is 1. The molecule has 0 aromatic carbocycles. The molecule has 0 unspecified atom stereocenters. The minimum absolute atomic E-state index is 0.172. The lowest BCUT2D eigenvalue weighted by Crippen LogP contribution is -2.31. The van der Waals surface area contributed by atoms with Gasteiger partial charge in [-0.3, -0.25) is 4.79 Å². The van der Waals surface area contributed by atoms with Crippen molar-refractivity contribution in [2.24, 2.45) is 0 Å². The van der Waals surface area contributed by atoms with Gasteiger partial charge in [0.05, 0.1) is 30.5 Å². The highest BCUT2D eigenvalue weighted by Gasteiger charge is 2.35. The average Bonchev–Trinajstić information content (AvgIpc) is 3.55. The van der Waals surface area contributed by atoms with E-state index in [4.69, 9.17) is 9.47 Å². The maximum absolute atomic E-state index is 12.3. The Morgan fingerprint density at radius 2 is 1.28 bits per heavy atom. The number of unbranched alkanes of at least 4 members (excludes halogenated alkanes) is 12. The molecule has 4 N–H and O–H groups in total. The van der Waals surface area contributed by atoms with Crippen LogP contribution in [0.1, 0.15) is 162 Å². The van der Waals surface area contributed by atoms with E-state index in [1.54, 1.807) is 0 Å². The molecule has 0 radical (unpaired) electrons. The van der Waals surface area contributed by atoms with Gasteiger partial charge in [-0.25, -0.2) is 4.79 Å². The van der Waals surface area contributed by atoms with Crippen LogP contribution >= 0.6 is 0 Å². The number of aliphatic hydroxyl groups is 4. The summed E-state index contributed by atoms with van der Waals surface area (Å²) in [7, 11) is 0. The predicted molar refractivity (Wildman–Crippen MR) is 168 cm³/mol. The number of aliphatic hydroxyl groups excluding tert-OH is 3. The first kappa shape index (κ1) is 37.9. The fourth-order valence-electron chi connectivity index (χ4n) is 6.32. The monoisotopic (exact) mass is 610 g/mol. The molecule has 2 aliphatic rings. The van der Waals surface area contributed by atoms with Crippen LogP contribution in [0.3, 0.4) is 0 Å². The summed E-state index contributed by atoms with van der Waals surface area (Å²) in [6, 6.07) is 0. The molecule has 0 saturated carbocycles. The lowest BCUT2D eigenvalue weighted by atomic mass is 9.99. The van der Waals surface area contributed by atoms with Gasteiger partial charge in [0.2, 0.25) is 5.79 Å². The Kier molecular flexibility index (Phi) is 18.9. The van der Waals surface area contributed by atoms with Gasteiger partial charge in [0.1, 0.15) is 5.78 Å². The second-order valence-electron chi connectivity index (χ2n) is 13.3. The number of cyclic esters (lactones) is 1. The van der Waals surface area contributed by atoms with Crippen molar-refractivity contribution in [3.05, 3.63) is 11.6 Å². The molecule has 0 spiro atoms. The van der Waals surface area contributed by atoms with Gasteiger partial charge in [0, 0.05) is 31.8 Å². The summed E-state index contributed by atoms with van der Waals surface area (Å²) in [5.74, 6) is -1.95. The normalized spacial score (nSPS) is 24.1. The first-order chi connectivity index (χ1) is 20.6. The Bertz CT molecular complexity index is 810. The molecule has 0 aromatic rings. The summed E-state index contributed by atoms with van der Waals surface area (Å²) in [5.41, 5.74) is 0.310. The van der Waals surface area contributed by atoms with Crippen molar-refractivity contribution in [2.45, 2.75) is 198 Å². The van der Waals surface area contributed by atoms with Crippen LogP contribution in [-0.4, -0.2) is 68.5 Å². The van der Waals surface area contributed by atoms with Crippen LogP contribution in [0.4, 0.5) is 0 Å². The molecule has 0 amide bonds. The van der Waals surface area contributed by atoms with Gasteiger partial charge in [-0.1, -0.05) is 90.4 Å². The fourth-order valence-corrected chi connectivity index (χ4v) is 6.32. The molecule has 8 heteroatoms. The van der Waals surface area contributed by atoms with E-state index in [0.29, 0.717) is 37.7 Å². The molecule has 250 valence electrons. The number of carbonyl (C=O) groups excluding carboxylic acids is 2. The average molecular weight is 611 g/mol. The molecule has 6 atom stereocenters. The van der Waals surface area contributed by atoms with Crippen LogP contribution < -0.4 is 0 Å². The predicted octanol–water partition coefficient (Wildman–Crippen LogP) is 6.59. The van der Waals surface area contributed by atoms with Crippen LogP contribution in [0, 0.1) is 0 Å². The van der Waals surface area contributed by atoms with Gasteiger partial charge < -0.3 is 29.9 Å². The summed E-state index contributed by atoms with van der Waals surface area (Å²) < 4.78 is 10.8. The third-order valence-corrected chi connectivity index (χ3v) is 8.95. The van der Waals surface area contributed by atoms with E-state index in [0.717, 1.165) is 57.8 Å². The third kappa shape index (κ3) is 16.5. The fraction of sp³-hybridized carbons (Fsp3) is 0.886. The zero-order valence-electron chi connectivity index (χ0n) is 27.1. The summed E-state index contributed by atoms with van der Waals surface area (Å²) in [6.07, 6.45) is 20.6. The first-order valence-corrected chi connectivity index (χ1v) is 17.5. The number of carbonyl (C=O) groups is 2. The number of ether oxygens (including phenoxy) is 2. The van der Waals surface area contributed by atoms with Gasteiger partial charge in [-0.15, -0.1) is 0 Å². The van der Waals surface area contributed by atoms with E-state index in [-0.39, 0.29) is 24.4 Å². The van der Waals surface area contributed by atoms with Crippen molar-refractivity contribution in [3.63, 3.8) is 0 Å². The summed E-state index contributed by atoms with van der Waals surface area (Å²) in [6.45, 7) is 3.64. The summed E-state index contributed by atoms with van der Waals surface area (Å²) >= 11 is 0. The lowest BCUT2D eigenvalue weighted by Gasteiger charge is -2.22. The van der Waals surface area contributed by atoms with E-state index in [9.17, 15) is 30.0 Å². The van der Waals surface area contributed by atoms with Crippen LogP contribution in [0.2, 0.25) is 0 Å². The molecule has 2 heterocycles. The number of hydrogen-bond donors (Lipinski definition) is 4. The quantitative estimate of drug-likeness (QED) is 0.0637. The highest BCUT2D eigenvalue weighted by Crippen LogP contribution is 2.29. The Balaban J connectivity index is 1.43. The van der Waals surface area contributed by atoms with Gasteiger partial charge >= 0.3 is 5.97 Å². The molecule has 0 bridgehead atoms. The summed E-state index contributed by atoms with van der Waals surface area (Å²) in [4.78, 5) is 24.0. The van der Waals surface area contributed by atoms with E-state index >= 15 is 0 Å². The Hall–Kier alpha value is -1.32. The van der Waals surface area contributed by atoms with Crippen molar-refractivity contribution in [2.75, 3.05) is 0 Å². The Labute approximate surface area is 260 Å².